The van der Waals surface area contributed by atoms with E-state index < -0.39 is 42.3 Å². The van der Waals surface area contributed by atoms with E-state index in [0.717, 1.165) is 18.4 Å². The average molecular weight is 509 g/mol. The number of aliphatic hydroxyl groups is 1. The minimum absolute atomic E-state index is 0.0668. The molecule has 0 bridgehead atoms. The van der Waals surface area contributed by atoms with E-state index in [1.54, 1.807) is 46.8 Å². The number of nitrogens with zero attached hydrogens (tertiary/aromatic N) is 2. The van der Waals surface area contributed by atoms with Crippen LogP contribution in [0.15, 0.2) is 48.5 Å². The van der Waals surface area contributed by atoms with Crippen molar-refractivity contribution in [2.45, 2.75) is 42.7 Å². The Labute approximate surface area is 206 Å². The molecule has 2 aliphatic rings. The Morgan fingerprint density at radius 3 is 2.56 bits per heavy atom. The fraction of sp³-hybridized carbons (Fsp3) is 0.417. The maximum Gasteiger partial charge on any atom is 0.306 e. The van der Waals surface area contributed by atoms with E-state index in [1.807, 2.05) is 0 Å². The largest absolute Gasteiger partial charge is 0.481 e. The zero-order valence-electron chi connectivity index (χ0n) is 18.3. The summed E-state index contributed by atoms with van der Waals surface area (Å²) in [5.41, 5.74) is 1.13. The molecule has 2 N–H and O–H groups in total. The van der Waals surface area contributed by atoms with Gasteiger partial charge in [0.15, 0.2) is 0 Å². The number of morpholine rings is 1. The molecule has 2 aromatic carbocycles. The van der Waals surface area contributed by atoms with Crippen LogP contribution < -0.4 is 4.31 Å². The number of aliphatic hydroxyl groups excluding tert-OH is 1. The van der Waals surface area contributed by atoms with Gasteiger partial charge in [0.25, 0.3) is 5.91 Å². The molecule has 0 spiro atoms. The number of carbonyl (C=O) groups is 2. The summed E-state index contributed by atoms with van der Waals surface area (Å²) in [4.78, 5) is 26.2. The van der Waals surface area contributed by atoms with E-state index in [0.29, 0.717) is 16.0 Å². The second kappa shape index (κ2) is 10.9. The molecule has 34 heavy (non-hydrogen) atoms. The minimum Gasteiger partial charge on any atom is -0.481 e. The van der Waals surface area contributed by atoms with E-state index in [1.165, 1.54) is 22.9 Å². The van der Waals surface area contributed by atoms with Crippen molar-refractivity contribution in [1.82, 2.24) is 4.90 Å². The lowest BCUT2D eigenvalue weighted by atomic mass is 9.99. The Bertz CT molecular complexity index is 1020. The highest BCUT2D eigenvalue weighted by Crippen LogP contribution is 2.40. The first-order valence-electron chi connectivity index (χ1n) is 11.1. The Hall–Kier alpha value is -2.33. The van der Waals surface area contributed by atoms with Crippen molar-refractivity contribution in [3.63, 3.8) is 0 Å². The van der Waals surface area contributed by atoms with Crippen molar-refractivity contribution in [3.05, 3.63) is 64.9 Å². The molecule has 1 saturated heterocycles. The van der Waals surface area contributed by atoms with Crippen LogP contribution in [0.2, 0.25) is 5.02 Å². The maximum atomic E-state index is 14.7. The first-order chi connectivity index (χ1) is 16.4. The highest BCUT2D eigenvalue weighted by Gasteiger charge is 2.42. The number of carboxylic acid groups (broad SMARTS) is 1. The summed E-state index contributed by atoms with van der Waals surface area (Å²) >= 11 is 7.53. The molecule has 3 atom stereocenters. The van der Waals surface area contributed by atoms with E-state index in [-0.39, 0.29) is 19.8 Å². The summed E-state index contributed by atoms with van der Waals surface area (Å²) in [6.45, 7) is -0.155. The van der Waals surface area contributed by atoms with Crippen LogP contribution in [0.25, 0.3) is 0 Å². The van der Waals surface area contributed by atoms with E-state index in [4.69, 9.17) is 16.3 Å². The van der Waals surface area contributed by atoms with Crippen molar-refractivity contribution < 1.29 is 28.9 Å². The number of benzene rings is 2. The molecule has 0 aromatic heterocycles. The zero-order chi connectivity index (χ0) is 24.2. The monoisotopic (exact) mass is 508 g/mol. The average Bonchev–Trinajstić information content (AvgIpc) is 3.63. The van der Waals surface area contributed by atoms with Gasteiger partial charge in [0.05, 0.1) is 44.0 Å². The zero-order valence-corrected chi connectivity index (χ0v) is 19.9. The van der Waals surface area contributed by atoms with Crippen molar-refractivity contribution in [2.24, 2.45) is 0 Å². The second-order valence-electron chi connectivity index (χ2n) is 8.39. The molecule has 3 unspecified atom stereocenters. The van der Waals surface area contributed by atoms with Gasteiger partial charge in [0.1, 0.15) is 11.9 Å². The van der Waals surface area contributed by atoms with Crippen LogP contribution in [0, 0.1) is 5.82 Å². The fourth-order valence-electron chi connectivity index (χ4n) is 3.99. The lowest BCUT2D eigenvalue weighted by Gasteiger charge is -2.44. The van der Waals surface area contributed by atoms with Crippen LogP contribution in [-0.2, 0) is 14.3 Å². The molecule has 7 nitrogen and oxygen atoms in total. The van der Waals surface area contributed by atoms with Gasteiger partial charge in [-0.05, 0) is 54.6 Å². The highest BCUT2D eigenvalue weighted by molar-refractivity contribution is 8.01. The molecule has 2 aromatic rings. The van der Waals surface area contributed by atoms with Gasteiger partial charge in [-0.1, -0.05) is 35.9 Å². The summed E-state index contributed by atoms with van der Waals surface area (Å²) < 4.78 is 22.1. The topological polar surface area (TPSA) is 90.3 Å². The van der Waals surface area contributed by atoms with Crippen LogP contribution >= 0.6 is 23.5 Å². The predicted octanol–water partition coefficient (Wildman–Crippen LogP) is 3.90. The third-order valence-corrected chi connectivity index (χ3v) is 7.46. The number of aliphatic carboxylic acids is 1. The quantitative estimate of drug-likeness (QED) is 0.470. The summed E-state index contributed by atoms with van der Waals surface area (Å²) in [6, 6.07) is 12.1. The molecule has 1 aliphatic heterocycles. The van der Waals surface area contributed by atoms with Crippen LogP contribution in [0.3, 0.4) is 0 Å². The van der Waals surface area contributed by atoms with Crippen molar-refractivity contribution in [1.29, 1.82) is 0 Å². The molecule has 1 amide bonds. The van der Waals surface area contributed by atoms with Crippen molar-refractivity contribution in [2.75, 3.05) is 24.1 Å². The smallest absolute Gasteiger partial charge is 0.306 e. The summed E-state index contributed by atoms with van der Waals surface area (Å²) in [6.07, 6.45) is 0.399. The molecule has 1 aliphatic carbocycles. The highest BCUT2D eigenvalue weighted by atomic mass is 35.5. The van der Waals surface area contributed by atoms with Gasteiger partial charge in [-0.25, -0.2) is 4.39 Å². The summed E-state index contributed by atoms with van der Waals surface area (Å²) in [5, 5.41) is 20.5. The second-order valence-corrected chi connectivity index (χ2v) is 10.1. The summed E-state index contributed by atoms with van der Waals surface area (Å²) in [5.74, 6) is -2.06. The minimum atomic E-state index is -1.16. The van der Waals surface area contributed by atoms with E-state index >= 15 is 0 Å². The lowest BCUT2D eigenvalue weighted by molar-refractivity contribution is -0.169. The maximum absolute atomic E-state index is 14.7. The molecule has 2 fully saturated rings. The van der Waals surface area contributed by atoms with Crippen LogP contribution in [-0.4, -0.2) is 64.1 Å². The number of rotatable bonds is 10. The number of hydrogen-bond acceptors (Lipinski definition) is 6. The predicted molar refractivity (Wildman–Crippen MR) is 128 cm³/mol. The molecule has 1 saturated carbocycles. The third-order valence-electron chi connectivity index (χ3n) is 5.84. The Morgan fingerprint density at radius 1 is 1.24 bits per heavy atom. The fourth-order valence-corrected chi connectivity index (χ4v) is 5.34. The Morgan fingerprint density at radius 2 is 1.94 bits per heavy atom. The lowest BCUT2D eigenvalue weighted by Crippen LogP contribution is -2.57. The van der Waals surface area contributed by atoms with Crippen molar-refractivity contribution >= 4 is 41.1 Å². The van der Waals surface area contributed by atoms with Crippen molar-refractivity contribution in [3.8, 4) is 0 Å². The van der Waals surface area contributed by atoms with Crippen LogP contribution in [0.5, 0.6) is 0 Å². The molecular formula is C24H26ClFN2O5S. The van der Waals surface area contributed by atoms with Gasteiger partial charge in [-0.15, -0.1) is 0 Å². The molecule has 4 rings (SSSR count). The number of para-hydroxylation sites is 1. The molecule has 1 heterocycles. The van der Waals surface area contributed by atoms with E-state index in [9.17, 15) is 24.2 Å². The van der Waals surface area contributed by atoms with Gasteiger partial charge < -0.3 is 24.2 Å². The van der Waals surface area contributed by atoms with Gasteiger partial charge >= 0.3 is 5.97 Å². The summed E-state index contributed by atoms with van der Waals surface area (Å²) in [7, 11) is 0. The van der Waals surface area contributed by atoms with E-state index in [2.05, 4.69) is 0 Å². The number of anilines is 1. The number of carboxylic acids is 1. The van der Waals surface area contributed by atoms with Gasteiger partial charge in [0.2, 0.25) is 0 Å². The normalized spacial score (nSPS) is 21.4. The molecular weight excluding hydrogens is 483 g/mol. The van der Waals surface area contributed by atoms with Gasteiger partial charge in [-0.2, -0.15) is 0 Å². The number of halogens is 2. The van der Waals surface area contributed by atoms with Crippen LogP contribution in [0.4, 0.5) is 10.1 Å². The number of carbonyl (C=O) groups excluding carboxylic acids is 1. The standard InChI is InChI=1S/C24H26ClFN2O5S/c25-16-7-5-15(6-8-16)21-14-33-22(11-23(30)31)24(32)28(21)17(13-29)12-27(34-18-9-10-18)20-4-2-1-3-19(20)26/h1-8,17-18,21-22,29H,9-14H2,(H,30,31). The first-order valence-corrected chi connectivity index (χ1v) is 12.3. The SMILES string of the molecule is O=C(O)CC1OCC(c2ccc(Cl)cc2)N(C(CO)CN(SC2CC2)c2ccccc2F)C1=O. The van der Waals surface area contributed by atoms with Crippen LogP contribution in [0.1, 0.15) is 30.9 Å². The number of amides is 1. The molecule has 10 heteroatoms. The molecule has 182 valence electrons. The third kappa shape index (κ3) is 5.83. The molecule has 0 radical (unpaired) electrons. The van der Waals surface area contributed by atoms with Gasteiger partial charge in [0, 0.05) is 10.3 Å². The van der Waals surface area contributed by atoms with Gasteiger partial charge in [-0.3, -0.25) is 9.59 Å². The number of ether oxygens (including phenoxy) is 1. The Balaban J connectivity index is 1.66. The Kier molecular flexibility index (Phi) is 7.98. The first kappa shape index (κ1) is 24.8. The number of hydrogen-bond donors (Lipinski definition) is 2.